The molecule has 2 rings (SSSR count). The molecule has 0 bridgehead atoms. The molecular formula is C18H28FNO. The van der Waals surface area contributed by atoms with Crippen LogP contribution in [0.5, 0.6) is 0 Å². The Balaban J connectivity index is 2.38. The van der Waals surface area contributed by atoms with Crippen molar-refractivity contribution in [3.8, 4) is 0 Å². The van der Waals surface area contributed by atoms with Gasteiger partial charge >= 0.3 is 0 Å². The van der Waals surface area contributed by atoms with Crippen LogP contribution >= 0.6 is 0 Å². The average Bonchev–Trinajstić information content (AvgIpc) is 2.51. The van der Waals surface area contributed by atoms with Crippen LogP contribution in [-0.4, -0.2) is 19.3 Å². The molecule has 1 aliphatic carbocycles. The first-order chi connectivity index (χ1) is 10.1. The van der Waals surface area contributed by atoms with E-state index in [2.05, 4.69) is 12.2 Å². The second-order valence-electron chi connectivity index (χ2n) is 6.24. The number of methoxy groups -OCH3 is 1. The van der Waals surface area contributed by atoms with Crippen molar-refractivity contribution in [3.63, 3.8) is 0 Å². The Morgan fingerprint density at radius 3 is 2.62 bits per heavy atom. The molecule has 0 aromatic heterocycles. The second kappa shape index (κ2) is 7.37. The second-order valence-corrected chi connectivity index (χ2v) is 6.24. The molecular weight excluding hydrogens is 265 g/mol. The van der Waals surface area contributed by atoms with Crippen LogP contribution in [0, 0.1) is 12.7 Å². The summed E-state index contributed by atoms with van der Waals surface area (Å²) in [6.45, 7) is 5.03. The molecule has 1 unspecified atom stereocenters. The molecule has 0 radical (unpaired) electrons. The molecule has 1 atom stereocenters. The zero-order chi connectivity index (χ0) is 15.3. The number of ether oxygens (including phenoxy) is 1. The molecule has 118 valence electrons. The minimum absolute atomic E-state index is 0.0670. The average molecular weight is 293 g/mol. The van der Waals surface area contributed by atoms with Gasteiger partial charge in [-0.3, -0.25) is 0 Å². The lowest BCUT2D eigenvalue weighted by molar-refractivity contribution is -0.0694. The fraction of sp³-hybridized carbons (Fsp3) is 0.667. The summed E-state index contributed by atoms with van der Waals surface area (Å²) in [4.78, 5) is 0. The van der Waals surface area contributed by atoms with Crippen LogP contribution in [0.3, 0.4) is 0 Å². The van der Waals surface area contributed by atoms with Crippen LogP contribution in [0.1, 0.15) is 62.6 Å². The Kier molecular flexibility index (Phi) is 5.77. The lowest BCUT2D eigenvalue weighted by Gasteiger charge is -2.43. The Hall–Kier alpha value is -0.930. The molecule has 0 aliphatic heterocycles. The zero-order valence-corrected chi connectivity index (χ0v) is 13.5. The van der Waals surface area contributed by atoms with Gasteiger partial charge in [0.15, 0.2) is 0 Å². The van der Waals surface area contributed by atoms with E-state index in [1.807, 2.05) is 19.1 Å². The Labute approximate surface area is 128 Å². The summed E-state index contributed by atoms with van der Waals surface area (Å²) in [5.74, 6) is -0.129. The predicted molar refractivity (Wildman–Crippen MR) is 85.0 cm³/mol. The van der Waals surface area contributed by atoms with Crippen molar-refractivity contribution in [2.75, 3.05) is 13.7 Å². The summed E-state index contributed by atoms with van der Waals surface area (Å²) in [5.41, 5.74) is 1.58. The highest BCUT2D eigenvalue weighted by Crippen LogP contribution is 2.42. The predicted octanol–water partition coefficient (Wildman–Crippen LogP) is 4.52. The third kappa shape index (κ3) is 3.64. The summed E-state index contributed by atoms with van der Waals surface area (Å²) < 4.78 is 20.4. The Bertz CT molecular complexity index is 455. The van der Waals surface area contributed by atoms with Crippen LogP contribution in [0.15, 0.2) is 18.2 Å². The minimum Gasteiger partial charge on any atom is -0.376 e. The van der Waals surface area contributed by atoms with Gasteiger partial charge < -0.3 is 10.1 Å². The summed E-state index contributed by atoms with van der Waals surface area (Å²) in [7, 11) is 1.78. The summed E-state index contributed by atoms with van der Waals surface area (Å²) in [5, 5.41) is 3.55. The third-order valence-electron chi connectivity index (χ3n) is 4.69. The van der Waals surface area contributed by atoms with E-state index in [9.17, 15) is 4.39 Å². The first-order valence-corrected chi connectivity index (χ1v) is 8.17. The zero-order valence-electron chi connectivity index (χ0n) is 13.5. The summed E-state index contributed by atoms with van der Waals surface area (Å²) in [6.07, 6.45) is 6.60. The van der Waals surface area contributed by atoms with Gasteiger partial charge in [0.05, 0.1) is 11.6 Å². The summed E-state index contributed by atoms with van der Waals surface area (Å²) >= 11 is 0. The van der Waals surface area contributed by atoms with Crippen molar-refractivity contribution in [2.24, 2.45) is 0 Å². The SMILES string of the molecule is CCCNC(c1cc(C)ccc1F)C1(OC)CCCCC1. The lowest BCUT2D eigenvalue weighted by atomic mass is 9.76. The number of aryl methyl sites for hydroxylation is 1. The van der Waals surface area contributed by atoms with Gasteiger partial charge in [-0.05, 0) is 38.8 Å². The minimum atomic E-state index is -0.276. The summed E-state index contributed by atoms with van der Waals surface area (Å²) in [6, 6.07) is 5.31. The highest BCUT2D eigenvalue weighted by molar-refractivity contribution is 5.29. The fourth-order valence-corrected chi connectivity index (χ4v) is 3.51. The topological polar surface area (TPSA) is 21.3 Å². The van der Waals surface area contributed by atoms with Crippen LogP contribution in [0.25, 0.3) is 0 Å². The number of benzene rings is 1. The van der Waals surface area contributed by atoms with Gasteiger partial charge in [0.2, 0.25) is 0 Å². The molecule has 0 heterocycles. The molecule has 1 aromatic rings. The van der Waals surface area contributed by atoms with Crippen molar-refractivity contribution in [2.45, 2.75) is 64.0 Å². The van der Waals surface area contributed by atoms with Gasteiger partial charge in [0, 0.05) is 12.7 Å². The number of rotatable bonds is 6. The smallest absolute Gasteiger partial charge is 0.128 e. The number of nitrogens with one attached hydrogen (secondary N) is 1. The van der Waals surface area contributed by atoms with Gasteiger partial charge in [-0.1, -0.05) is 43.9 Å². The maximum atomic E-state index is 14.4. The first-order valence-electron chi connectivity index (χ1n) is 8.17. The van der Waals surface area contributed by atoms with Crippen molar-refractivity contribution in [1.29, 1.82) is 0 Å². The Morgan fingerprint density at radius 2 is 2.00 bits per heavy atom. The van der Waals surface area contributed by atoms with Crippen molar-refractivity contribution in [1.82, 2.24) is 5.32 Å². The third-order valence-corrected chi connectivity index (χ3v) is 4.69. The highest BCUT2D eigenvalue weighted by atomic mass is 19.1. The van der Waals surface area contributed by atoms with Crippen molar-refractivity contribution >= 4 is 0 Å². The number of hydrogen-bond acceptors (Lipinski definition) is 2. The maximum absolute atomic E-state index is 14.4. The van der Waals surface area contributed by atoms with E-state index in [1.54, 1.807) is 13.2 Å². The van der Waals surface area contributed by atoms with E-state index in [4.69, 9.17) is 4.74 Å². The molecule has 21 heavy (non-hydrogen) atoms. The molecule has 1 aromatic carbocycles. The Morgan fingerprint density at radius 1 is 1.29 bits per heavy atom. The highest BCUT2D eigenvalue weighted by Gasteiger charge is 2.41. The van der Waals surface area contributed by atoms with E-state index >= 15 is 0 Å². The van der Waals surface area contributed by atoms with Crippen LogP contribution < -0.4 is 5.32 Å². The van der Waals surface area contributed by atoms with Gasteiger partial charge in [0.1, 0.15) is 5.82 Å². The van der Waals surface area contributed by atoms with Crippen molar-refractivity contribution < 1.29 is 9.13 Å². The molecule has 1 fully saturated rings. The van der Waals surface area contributed by atoms with Gasteiger partial charge in [-0.25, -0.2) is 4.39 Å². The number of hydrogen-bond donors (Lipinski definition) is 1. The van der Waals surface area contributed by atoms with Gasteiger partial charge in [-0.2, -0.15) is 0 Å². The molecule has 1 saturated carbocycles. The maximum Gasteiger partial charge on any atom is 0.128 e. The normalized spacial score (nSPS) is 19.4. The molecule has 0 saturated heterocycles. The van der Waals surface area contributed by atoms with E-state index in [0.29, 0.717) is 0 Å². The fourth-order valence-electron chi connectivity index (χ4n) is 3.51. The molecule has 1 aliphatic rings. The molecule has 0 amide bonds. The van der Waals surface area contributed by atoms with E-state index < -0.39 is 0 Å². The van der Waals surface area contributed by atoms with Crippen LogP contribution in [0.4, 0.5) is 4.39 Å². The monoisotopic (exact) mass is 293 g/mol. The van der Waals surface area contributed by atoms with Gasteiger partial charge in [0.25, 0.3) is 0 Å². The molecule has 0 spiro atoms. The van der Waals surface area contributed by atoms with Crippen LogP contribution in [-0.2, 0) is 4.74 Å². The van der Waals surface area contributed by atoms with Crippen molar-refractivity contribution in [3.05, 3.63) is 35.1 Å². The van der Waals surface area contributed by atoms with E-state index in [-0.39, 0.29) is 17.5 Å². The standard InChI is InChI=1S/C18H28FNO/c1-4-12-20-17(15-13-14(2)8-9-16(15)19)18(21-3)10-6-5-7-11-18/h8-9,13,17,20H,4-7,10-12H2,1-3H3. The largest absolute Gasteiger partial charge is 0.376 e. The van der Waals surface area contributed by atoms with Gasteiger partial charge in [-0.15, -0.1) is 0 Å². The molecule has 3 heteroatoms. The van der Waals surface area contributed by atoms with Crippen LogP contribution in [0.2, 0.25) is 0 Å². The van der Waals surface area contributed by atoms with E-state index in [0.717, 1.165) is 49.8 Å². The molecule has 2 nitrogen and oxygen atoms in total. The number of halogens is 1. The first kappa shape index (κ1) is 16.4. The lowest BCUT2D eigenvalue weighted by Crippen LogP contribution is -2.47. The molecule has 1 N–H and O–H groups in total. The quantitative estimate of drug-likeness (QED) is 0.832. The van der Waals surface area contributed by atoms with E-state index in [1.165, 1.54) is 6.42 Å².